The van der Waals surface area contributed by atoms with Crippen LogP contribution in [-0.2, 0) is 0 Å². The van der Waals surface area contributed by atoms with Crippen molar-refractivity contribution in [1.82, 2.24) is 0 Å². The number of hydrogen-bond donors (Lipinski definition) is 0. The van der Waals surface area contributed by atoms with Crippen LogP contribution < -0.4 is 4.90 Å². The quantitative estimate of drug-likeness (QED) is 0.435. The average Bonchev–Trinajstić information content (AvgIpc) is 3.10. The molecule has 0 atom stereocenters. The van der Waals surface area contributed by atoms with Gasteiger partial charge in [-0.1, -0.05) is 11.6 Å². The van der Waals surface area contributed by atoms with Gasteiger partial charge in [0.05, 0.1) is 16.3 Å². The minimum absolute atomic E-state index is 0.0566. The molecule has 7 heteroatoms. The van der Waals surface area contributed by atoms with Crippen molar-refractivity contribution < 1.29 is 9.31 Å². The van der Waals surface area contributed by atoms with Gasteiger partial charge < -0.3 is 4.90 Å². The second-order valence-electron chi connectivity index (χ2n) is 6.01. The maximum Gasteiger partial charge on any atom is 0.290 e. The SMILES string of the molecule is Cc1cc(N2CCCC2)c(F)cc1C=Nc1ccc(Cl)c([N+](=O)[O-])c1. The molecule has 1 aliphatic rings. The van der Waals surface area contributed by atoms with Gasteiger partial charge in [0.25, 0.3) is 5.69 Å². The Morgan fingerprint density at radius 2 is 2.00 bits per heavy atom. The molecule has 0 unspecified atom stereocenters. The highest BCUT2D eigenvalue weighted by Crippen LogP contribution is 2.29. The third-order valence-electron chi connectivity index (χ3n) is 4.26. The van der Waals surface area contributed by atoms with E-state index in [1.165, 1.54) is 24.4 Å². The molecule has 3 rings (SSSR count). The van der Waals surface area contributed by atoms with E-state index < -0.39 is 4.92 Å². The van der Waals surface area contributed by atoms with Crippen molar-refractivity contribution in [2.45, 2.75) is 19.8 Å². The lowest BCUT2D eigenvalue weighted by Gasteiger charge is -2.19. The molecule has 130 valence electrons. The van der Waals surface area contributed by atoms with E-state index in [9.17, 15) is 14.5 Å². The number of nitro groups is 1. The van der Waals surface area contributed by atoms with E-state index in [0.717, 1.165) is 31.5 Å². The third-order valence-corrected chi connectivity index (χ3v) is 4.58. The molecule has 0 aliphatic carbocycles. The largest absolute Gasteiger partial charge is 0.369 e. The summed E-state index contributed by atoms with van der Waals surface area (Å²) in [6.45, 7) is 3.64. The van der Waals surface area contributed by atoms with E-state index in [1.54, 1.807) is 6.07 Å². The number of nitrogens with zero attached hydrogens (tertiary/aromatic N) is 3. The number of hydrogen-bond acceptors (Lipinski definition) is 4. The van der Waals surface area contributed by atoms with E-state index in [0.29, 0.717) is 16.9 Å². The Morgan fingerprint density at radius 3 is 2.68 bits per heavy atom. The monoisotopic (exact) mass is 361 g/mol. The Labute approximate surface area is 149 Å². The summed E-state index contributed by atoms with van der Waals surface area (Å²) in [5.41, 5.74) is 2.34. The van der Waals surface area contributed by atoms with Crippen LogP contribution in [0.4, 0.5) is 21.5 Å². The average molecular weight is 362 g/mol. The molecule has 2 aromatic rings. The summed E-state index contributed by atoms with van der Waals surface area (Å²) in [7, 11) is 0. The summed E-state index contributed by atoms with van der Waals surface area (Å²) in [6.07, 6.45) is 3.67. The van der Waals surface area contributed by atoms with Crippen LogP contribution in [-0.4, -0.2) is 24.2 Å². The van der Waals surface area contributed by atoms with Gasteiger partial charge in [-0.25, -0.2) is 4.39 Å². The van der Waals surface area contributed by atoms with Gasteiger partial charge in [0.1, 0.15) is 10.8 Å². The van der Waals surface area contributed by atoms with Gasteiger partial charge in [0, 0.05) is 25.4 Å². The number of aliphatic imine (C=N–C) groups is 1. The number of benzene rings is 2. The summed E-state index contributed by atoms with van der Waals surface area (Å²) in [5.74, 6) is -0.281. The van der Waals surface area contributed by atoms with Crippen LogP contribution in [0.5, 0.6) is 0 Å². The van der Waals surface area contributed by atoms with Gasteiger partial charge in [0.2, 0.25) is 0 Å². The molecule has 1 fully saturated rings. The number of rotatable bonds is 4. The molecular formula is C18H17ClFN3O2. The number of aryl methyl sites for hydroxylation is 1. The number of nitro benzene ring substituents is 1. The van der Waals surface area contributed by atoms with Gasteiger partial charge in [-0.15, -0.1) is 0 Å². The topological polar surface area (TPSA) is 58.7 Å². The summed E-state index contributed by atoms with van der Waals surface area (Å²) in [6, 6.07) is 7.58. The van der Waals surface area contributed by atoms with Gasteiger partial charge in [-0.2, -0.15) is 0 Å². The van der Waals surface area contributed by atoms with E-state index in [4.69, 9.17) is 11.6 Å². The van der Waals surface area contributed by atoms with Gasteiger partial charge in [-0.05, 0) is 55.2 Å². The second-order valence-corrected chi connectivity index (χ2v) is 6.41. The Morgan fingerprint density at radius 1 is 1.28 bits per heavy atom. The highest BCUT2D eigenvalue weighted by Gasteiger charge is 2.17. The first-order valence-corrected chi connectivity index (χ1v) is 8.36. The first kappa shape index (κ1) is 17.4. The van der Waals surface area contributed by atoms with E-state index >= 15 is 0 Å². The van der Waals surface area contributed by atoms with E-state index in [2.05, 4.69) is 4.99 Å². The first-order valence-electron chi connectivity index (χ1n) is 7.99. The van der Waals surface area contributed by atoms with Crippen molar-refractivity contribution in [3.63, 3.8) is 0 Å². The fourth-order valence-corrected chi connectivity index (χ4v) is 3.07. The molecule has 0 aromatic heterocycles. The standard InChI is InChI=1S/C18H17ClFN3O2/c1-12-8-18(22-6-2-3-7-22)16(20)9-13(12)11-21-14-4-5-15(19)17(10-14)23(24)25/h4-5,8-11H,2-3,6-7H2,1H3. The molecule has 25 heavy (non-hydrogen) atoms. The van der Waals surface area contributed by atoms with E-state index in [1.807, 2.05) is 17.9 Å². The molecule has 0 amide bonds. The molecule has 2 aromatic carbocycles. The van der Waals surface area contributed by atoms with Crippen LogP contribution in [0, 0.1) is 22.9 Å². The molecule has 0 saturated carbocycles. The molecule has 0 N–H and O–H groups in total. The van der Waals surface area contributed by atoms with Gasteiger partial charge >= 0.3 is 0 Å². The maximum absolute atomic E-state index is 14.4. The maximum atomic E-state index is 14.4. The molecule has 1 heterocycles. The predicted octanol–water partition coefficient (Wildman–Crippen LogP) is 5.05. The van der Waals surface area contributed by atoms with Crippen LogP contribution in [0.15, 0.2) is 35.3 Å². The molecule has 0 radical (unpaired) electrons. The minimum atomic E-state index is -0.558. The predicted molar refractivity (Wildman–Crippen MR) is 97.9 cm³/mol. The fraction of sp³-hybridized carbons (Fsp3) is 0.278. The number of halogens is 2. The minimum Gasteiger partial charge on any atom is -0.369 e. The van der Waals surface area contributed by atoms with Crippen LogP contribution >= 0.6 is 11.6 Å². The van der Waals surface area contributed by atoms with Crippen molar-refractivity contribution in [2.24, 2.45) is 4.99 Å². The lowest BCUT2D eigenvalue weighted by atomic mass is 10.1. The van der Waals surface area contributed by atoms with Crippen LogP contribution in [0.1, 0.15) is 24.0 Å². The smallest absolute Gasteiger partial charge is 0.290 e. The molecule has 0 spiro atoms. The second kappa shape index (κ2) is 7.19. The molecule has 1 saturated heterocycles. The fourth-order valence-electron chi connectivity index (χ4n) is 2.89. The van der Waals surface area contributed by atoms with Crippen molar-refractivity contribution in [2.75, 3.05) is 18.0 Å². The molecule has 0 bridgehead atoms. The Kier molecular flexibility index (Phi) is 4.99. The summed E-state index contributed by atoms with van der Waals surface area (Å²) in [5, 5.41) is 11.0. The zero-order chi connectivity index (χ0) is 18.0. The van der Waals surface area contributed by atoms with Crippen molar-refractivity contribution >= 4 is 34.9 Å². The third kappa shape index (κ3) is 3.79. The summed E-state index contributed by atoms with van der Waals surface area (Å²) < 4.78 is 14.4. The Bertz CT molecular complexity index is 848. The highest BCUT2D eigenvalue weighted by molar-refractivity contribution is 6.32. The van der Waals surface area contributed by atoms with Crippen LogP contribution in [0.2, 0.25) is 5.02 Å². The molecule has 1 aliphatic heterocycles. The Balaban J connectivity index is 1.87. The van der Waals surface area contributed by atoms with Crippen LogP contribution in [0.3, 0.4) is 0 Å². The van der Waals surface area contributed by atoms with Crippen molar-refractivity contribution in [3.05, 3.63) is 62.4 Å². The van der Waals surface area contributed by atoms with Crippen molar-refractivity contribution in [3.8, 4) is 0 Å². The van der Waals surface area contributed by atoms with E-state index in [-0.39, 0.29) is 16.5 Å². The summed E-state index contributed by atoms with van der Waals surface area (Å²) >= 11 is 5.79. The summed E-state index contributed by atoms with van der Waals surface area (Å²) in [4.78, 5) is 16.6. The molecular weight excluding hydrogens is 345 g/mol. The lowest BCUT2D eigenvalue weighted by Crippen LogP contribution is -2.19. The van der Waals surface area contributed by atoms with Crippen molar-refractivity contribution in [1.29, 1.82) is 0 Å². The van der Waals surface area contributed by atoms with Gasteiger partial charge in [0.15, 0.2) is 0 Å². The number of anilines is 1. The Hall–Kier alpha value is -2.47. The zero-order valence-corrected chi connectivity index (χ0v) is 14.5. The van der Waals surface area contributed by atoms with Crippen LogP contribution in [0.25, 0.3) is 0 Å². The highest BCUT2D eigenvalue weighted by atomic mass is 35.5. The zero-order valence-electron chi connectivity index (χ0n) is 13.7. The normalized spacial score (nSPS) is 14.4. The first-order chi connectivity index (χ1) is 12.0. The lowest BCUT2D eigenvalue weighted by molar-refractivity contribution is -0.384. The van der Waals surface area contributed by atoms with Gasteiger partial charge in [-0.3, -0.25) is 15.1 Å². The molecule has 5 nitrogen and oxygen atoms in total.